The molecule has 0 aromatic heterocycles. The molecular weight excluding hydrogens is 244 g/mol. The number of rotatable bonds is 7. The van der Waals surface area contributed by atoms with E-state index in [1.165, 1.54) is 83.6 Å². The van der Waals surface area contributed by atoms with Gasteiger partial charge >= 0.3 is 0 Å². The van der Waals surface area contributed by atoms with Gasteiger partial charge in [-0.15, -0.1) is 0 Å². The van der Waals surface area contributed by atoms with Gasteiger partial charge in [0.25, 0.3) is 0 Å². The van der Waals surface area contributed by atoms with Crippen molar-refractivity contribution >= 4 is 0 Å². The highest BCUT2D eigenvalue weighted by atomic mass is 15.2. The summed E-state index contributed by atoms with van der Waals surface area (Å²) in [6.07, 6.45) is 17.1. The van der Waals surface area contributed by atoms with Crippen LogP contribution in [-0.2, 0) is 0 Å². The summed E-state index contributed by atoms with van der Waals surface area (Å²) in [4.78, 5) is 2.94. The van der Waals surface area contributed by atoms with Crippen molar-refractivity contribution in [2.75, 3.05) is 13.1 Å². The Morgan fingerprint density at radius 1 is 0.900 bits per heavy atom. The first-order valence-electron chi connectivity index (χ1n) is 9.27. The first-order valence-corrected chi connectivity index (χ1v) is 9.27. The molecule has 1 unspecified atom stereocenters. The Bertz CT molecular complexity index is 224. The topological polar surface area (TPSA) is 29.3 Å². The summed E-state index contributed by atoms with van der Waals surface area (Å²) in [7, 11) is 0. The van der Waals surface area contributed by atoms with Crippen molar-refractivity contribution < 1.29 is 0 Å². The zero-order valence-corrected chi connectivity index (χ0v) is 13.7. The van der Waals surface area contributed by atoms with Crippen LogP contribution in [-0.4, -0.2) is 30.1 Å². The number of nitrogens with zero attached hydrogens (tertiary/aromatic N) is 1. The summed E-state index contributed by atoms with van der Waals surface area (Å²) < 4.78 is 0. The minimum atomic E-state index is 0.822. The van der Waals surface area contributed by atoms with Gasteiger partial charge in [-0.3, -0.25) is 4.90 Å². The maximum absolute atomic E-state index is 5.68. The zero-order chi connectivity index (χ0) is 14.2. The van der Waals surface area contributed by atoms with Crippen molar-refractivity contribution in [3.05, 3.63) is 0 Å². The molecule has 0 aromatic rings. The first kappa shape index (κ1) is 16.3. The highest BCUT2D eigenvalue weighted by Crippen LogP contribution is 2.31. The molecular formula is C18H36N2. The van der Waals surface area contributed by atoms with Gasteiger partial charge in [0.1, 0.15) is 0 Å². The Morgan fingerprint density at radius 3 is 1.85 bits per heavy atom. The van der Waals surface area contributed by atoms with Crippen molar-refractivity contribution in [1.82, 2.24) is 4.90 Å². The van der Waals surface area contributed by atoms with E-state index in [4.69, 9.17) is 5.73 Å². The lowest BCUT2D eigenvalue weighted by molar-refractivity contribution is 0.0650. The van der Waals surface area contributed by atoms with Crippen LogP contribution in [0.2, 0.25) is 0 Å². The second-order valence-electron chi connectivity index (χ2n) is 7.32. The summed E-state index contributed by atoms with van der Waals surface area (Å²) >= 11 is 0. The van der Waals surface area contributed by atoms with E-state index < -0.39 is 0 Å². The Labute approximate surface area is 126 Å². The van der Waals surface area contributed by atoms with Crippen LogP contribution in [0.5, 0.6) is 0 Å². The average molecular weight is 280 g/mol. The lowest BCUT2D eigenvalue weighted by Crippen LogP contribution is -2.47. The zero-order valence-electron chi connectivity index (χ0n) is 13.7. The lowest BCUT2D eigenvalue weighted by atomic mass is 9.87. The molecule has 0 bridgehead atoms. The van der Waals surface area contributed by atoms with E-state index in [-0.39, 0.29) is 0 Å². The molecule has 2 fully saturated rings. The van der Waals surface area contributed by atoms with Crippen molar-refractivity contribution in [1.29, 1.82) is 0 Å². The Balaban J connectivity index is 1.91. The molecule has 0 aromatic carbocycles. The van der Waals surface area contributed by atoms with E-state index in [1.807, 2.05) is 0 Å². The van der Waals surface area contributed by atoms with Gasteiger partial charge in [-0.05, 0) is 51.0 Å². The maximum Gasteiger partial charge on any atom is 0.00983 e. The summed E-state index contributed by atoms with van der Waals surface area (Å²) in [5.41, 5.74) is 5.68. The molecule has 2 aliphatic carbocycles. The molecule has 0 saturated heterocycles. The SMILES string of the molecule is CC(CCCN)CN(C1CCCCC1)C1CCCCC1. The third kappa shape index (κ3) is 5.04. The third-order valence-corrected chi connectivity index (χ3v) is 5.51. The van der Waals surface area contributed by atoms with Gasteiger partial charge < -0.3 is 5.73 Å². The summed E-state index contributed by atoms with van der Waals surface area (Å²) in [6, 6.07) is 1.79. The molecule has 2 aliphatic rings. The average Bonchev–Trinajstić information content (AvgIpc) is 2.52. The van der Waals surface area contributed by atoms with E-state index in [1.54, 1.807) is 0 Å². The maximum atomic E-state index is 5.68. The van der Waals surface area contributed by atoms with E-state index >= 15 is 0 Å². The monoisotopic (exact) mass is 280 g/mol. The number of hydrogen-bond donors (Lipinski definition) is 1. The Kier molecular flexibility index (Phi) is 7.37. The molecule has 1 atom stereocenters. The predicted octanol–water partition coefficient (Wildman–Crippen LogP) is 4.33. The van der Waals surface area contributed by atoms with Crippen molar-refractivity contribution in [2.45, 2.75) is 96.1 Å². The highest BCUT2D eigenvalue weighted by Gasteiger charge is 2.29. The fraction of sp³-hybridized carbons (Fsp3) is 1.00. The molecule has 0 spiro atoms. The molecule has 2 saturated carbocycles. The van der Waals surface area contributed by atoms with E-state index in [0.717, 1.165) is 24.5 Å². The molecule has 0 heterocycles. The highest BCUT2D eigenvalue weighted by molar-refractivity contribution is 4.84. The van der Waals surface area contributed by atoms with Crippen LogP contribution in [0.15, 0.2) is 0 Å². The van der Waals surface area contributed by atoms with Gasteiger partial charge in [0, 0.05) is 18.6 Å². The van der Waals surface area contributed by atoms with Gasteiger partial charge in [-0.2, -0.15) is 0 Å². The molecule has 0 aliphatic heterocycles. The van der Waals surface area contributed by atoms with Crippen molar-refractivity contribution in [3.8, 4) is 0 Å². The molecule has 2 rings (SSSR count). The largest absolute Gasteiger partial charge is 0.330 e. The van der Waals surface area contributed by atoms with Gasteiger partial charge in [0.15, 0.2) is 0 Å². The minimum Gasteiger partial charge on any atom is -0.330 e. The molecule has 2 heteroatoms. The van der Waals surface area contributed by atoms with Crippen LogP contribution in [0.3, 0.4) is 0 Å². The second kappa shape index (κ2) is 9.04. The van der Waals surface area contributed by atoms with E-state index in [9.17, 15) is 0 Å². The van der Waals surface area contributed by atoms with E-state index in [0.29, 0.717) is 0 Å². The normalized spacial score (nSPS) is 24.1. The Morgan fingerprint density at radius 2 is 1.40 bits per heavy atom. The van der Waals surface area contributed by atoms with Crippen LogP contribution >= 0.6 is 0 Å². The van der Waals surface area contributed by atoms with Crippen LogP contribution in [0.4, 0.5) is 0 Å². The number of hydrogen-bond acceptors (Lipinski definition) is 2. The Hall–Kier alpha value is -0.0800. The van der Waals surface area contributed by atoms with Crippen LogP contribution in [0.1, 0.15) is 84.0 Å². The molecule has 20 heavy (non-hydrogen) atoms. The summed E-state index contributed by atoms with van der Waals surface area (Å²) in [5, 5.41) is 0. The smallest absolute Gasteiger partial charge is 0.00983 e. The standard InChI is InChI=1S/C18H36N2/c1-16(9-8-14-19)15-20(17-10-4-2-5-11-17)18-12-6-3-7-13-18/h16-18H,2-15,19H2,1H3. The van der Waals surface area contributed by atoms with Crippen LogP contribution in [0, 0.1) is 5.92 Å². The van der Waals surface area contributed by atoms with Crippen LogP contribution < -0.4 is 5.73 Å². The minimum absolute atomic E-state index is 0.822. The van der Waals surface area contributed by atoms with E-state index in [2.05, 4.69) is 11.8 Å². The molecule has 0 amide bonds. The van der Waals surface area contributed by atoms with Crippen molar-refractivity contribution in [2.24, 2.45) is 11.7 Å². The molecule has 118 valence electrons. The molecule has 2 nitrogen and oxygen atoms in total. The lowest BCUT2D eigenvalue weighted by Gasteiger charge is -2.43. The van der Waals surface area contributed by atoms with Gasteiger partial charge in [0.2, 0.25) is 0 Å². The fourth-order valence-electron chi connectivity index (χ4n) is 4.34. The second-order valence-corrected chi connectivity index (χ2v) is 7.32. The van der Waals surface area contributed by atoms with Gasteiger partial charge in [-0.1, -0.05) is 45.4 Å². The van der Waals surface area contributed by atoms with Crippen molar-refractivity contribution in [3.63, 3.8) is 0 Å². The molecule has 0 radical (unpaired) electrons. The van der Waals surface area contributed by atoms with Gasteiger partial charge in [-0.25, -0.2) is 0 Å². The summed E-state index contributed by atoms with van der Waals surface area (Å²) in [6.45, 7) is 4.63. The fourth-order valence-corrected chi connectivity index (χ4v) is 4.34. The van der Waals surface area contributed by atoms with Crippen LogP contribution in [0.25, 0.3) is 0 Å². The number of nitrogens with two attached hydrogens (primary N) is 1. The van der Waals surface area contributed by atoms with Gasteiger partial charge in [0.05, 0.1) is 0 Å². The first-order chi connectivity index (χ1) is 9.81. The predicted molar refractivity (Wildman–Crippen MR) is 87.9 cm³/mol. The quantitative estimate of drug-likeness (QED) is 0.752. The third-order valence-electron chi connectivity index (χ3n) is 5.51. The summed E-state index contributed by atoms with van der Waals surface area (Å²) in [5.74, 6) is 0.822. The molecule has 2 N–H and O–H groups in total.